The number of hydrogen-bond acceptors (Lipinski definition) is 6. The Labute approximate surface area is 207 Å². The molecule has 0 bridgehead atoms. The molecule has 4 aromatic rings. The molecule has 0 unspecified atom stereocenters. The molecular weight excluding hydrogens is 489 g/mol. The van der Waals surface area contributed by atoms with E-state index in [4.69, 9.17) is 16.9 Å². The van der Waals surface area contributed by atoms with Crippen LogP contribution in [-0.2, 0) is 6.54 Å². The smallest absolute Gasteiger partial charge is 0.151 e. The molecule has 0 aliphatic carbocycles. The van der Waals surface area contributed by atoms with Crippen LogP contribution in [0.2, 0.25) is 5.02 Å². The number of nitrogens with zero attached hydrogens (tertiary/aromatic N) is 5. The Morgan fingerprint density at radius 3 is 2.54 bits per heavy atom. The summed E-state index contributed by atoms with van der Waals surface area (Å²) in [5.74, 6) is -1.00. The quantitative estimate of drug-likeness (QED) is 0.347. The van der Waals surface area contributed by atoms with Gasteiger partial charge in [-0.05, 0) is 58.2 Å². The summed E-state index contributed by atoms with van der Waals surface area (Å²) in [4.78, 5) is 17.9. The number of halogens is 3. The molecular formula is C25H20ClF2N6P. The first kappa shape index (κ1) is 23.5. The highest BCUT2D eigenvalue weighted by atomic mass is 35.5. The summed E-state index contributed by atoms with van der Waals surface area (Å²) in [6.45, 7) is 1.75. The second-order valence-electron chi connectivity index (χ2n) is 8.31. The lowest BCUT2D eigenvalue weighted by molar-refractivity contribution is 0.613. The molecule has 3 aromatic heterocycles. The van der Waals surface area contributed by atoms with Gasteiger partial charge >= 0.3 is 0 Å². The van der Waals surface area contributed by atoms with Crippen LogP contribution in [0.25, 0.3) is 22.3 Å². The maximum Gasteiger partial charge on any atom is 0.151 e. The van der Waals surface area contributed by atoms with Crippen molar-refractivity contribution in [1.29, 1.82) is 5.26 Å². The van der Waals surface area contributed by atoms with Crippen LogP contribution in [0.1, 0.15) is 29.7 Å². The Hall–Kier alpha value is -3.27. The Morgan fingerprint density at radius 2 is 1.83 bits per heavy atom. The van der Waals surface area contributed by atoms with Crippen LogP contribution < -0.4 is 10.9 Å². The number of aromatic nitrogens is 4. The zero-order valence-electron chi connectivity index (χ0n) is 18.8. The molecule has 35 heavy (non-hydrogen) atoms. The zero-order chi connectivity index (χ0) is 24.5. The van der Waals surface area contributed by atoms with E-state index in [1.165, 1.54) is 37.1 Å². The fourth-order valence-electron chi connectivity index (χ4n) is 4.11. The van der Waals surface area contributed by atoms with Gasteiger partial charge in [0.25, 0.3) is 0 Å². The minimum atomic E-state index is -0.548. The maximum absolute atomic E-state index is 15.1. The van der Waals surface area contributed by atoms with Gasteiger partial charge in [0.15, 0.2) is 5.82 Å². The van der Waals surface area contributed by atoms with Crippen LogP contribution in [0.3, 0.4) is 0 Å². The van der Waals surface area contributed by atoms with Crippen molar-refractivity contribution in [1.82, 2.24) is 19.9 Å². The summed E-state index contributed by atoms with van der Waals surface area (Å²) >= 11 is 6.54. The molecule has 1 aliphatic rings. The predicted molar refractivity (Wildman–Crippen MR) is 134 cm³/mol. The van der Waals surface area contributed by atoms with Crippen molar-refractivity contribution in [2.45, 2.75) is 26.3 Å². The van der Waals surface area contributed by atoms with Gasteiger partial charge in [-0.25, -0.2) is 28.7 Å². The highest BCUT2D eigenvalue weighted by Gasteiger charge is 2.21. The first-order valence-corrected chi connectivity index (χ1v) is 13.2. The van der Waals surface area contributed by atoms with Crippen molar-refractivity contribution < 1.29 is 8.78 Å². The normalized spacial score (nSPS) is 13.8. The summed E-state index contributed by atoms with van der Waals surface area (Å²) in [6.07, 6.45) is 7.89. The topological polar surface area (TPSA) is 87.4 Å². The molecule has 0 saturated carbocycles. The van der Waals surface area contributed by atoms with E-state index in [0.29, 0.717) is 44.1 Å². The van der Waals surface area contributed by atoms with Crippen molar-refractivity contribution in [2.24, 2.45) is 0 Å². The van der Waals surface area contributed by atoms with Crippen LogP contribution in [0.4, 0.5) is 14.5 Å². The van der Waals surface area contributed by atoms with Crippen molar-refractivity contribution in [2.75, 3.05) is 17.6 Å². The number of hydrogen-bond donors (Lipinski definition) is 1. The lowest BCUT2D eigenvalue weighted by atomic mass is 10.1. The molecule has 1 saturated heterocycles. The van der Waals surface area contributed by atoms with E-state index in [1.807, 2.05) is 6.07 Å². The van der Waals surface area contributed by atoms with Gasteiger partial charge in [-0.1, -0.05) is 11.6 Å². The third-order valence-electron chi connectivity index (χ3n) is 5.95. The van der Waals surface area contributed by atoms with Crippen LogP contribution in [0.5, 0.6) is 0 Å². The number of nitrogens with one attached hydrogen (secondary N) is 1. The average Bonchev–Trinajstić information content (AvgIpc) is 3.40. The van der Waals surface area contributed by atoms with Gasteiger partial charge in [-0.15, -0.1) is 0 Å². The highest BCUT2D eigenvalue weighted by molar-refractivity contribution is 7.65. The van der Waals surface area contributed by atoms with E-state index in [9.17, 15) is 4.39 Å². The Balaban J connectivity index is 1.53. The molecule has 1 N–H and O–H groups in total. The number of pyridine rings is 2. The molecule has 0 spiro atoms. The third kappa shape index (κ3) is 4.67. The van der Waals surface area contributed by atoms with E-state index in [2.05, 4.69) is 25.3 Å². The van der Waals surface area contributed by atoms with E-state index in [-0.39, 0.29) is 20.2 Å². The van der Waals surface area contributed by atoms with E-state index < -0.39 is 11.6 Å². The summed E-state index contributed by atoms with van der Waals surface area (Å²) in [5.41, 5.74) is 3.57. The van der Waals surface area contributed by atoms with Crippen LogP contribution in [0, 0.1) is 29.9 Å². The second-order valence-corrected chi connectivity index (χ2v) is 11.1. The SMILES string of the molecule is Cc1nc2cc(F)c(-c3cnc(P4CCCC4)nc3)nc2c(NCc2cc(C#N)ccc2F)c1Cl. The maximum atomic E-state index is 15.1. The molecule has 4 heterocycles. The third-order valence-corrected chi connectivity index (χ3v) is 8.92. The lowest BCUT2D eigenvalue weighted by Gasteiger charge is -2.15. The minimum absolute atomic E-state index is 0.0510. The van der Waals surface area contributed by atoms with E-state index in [0.717, 1.165) is 17.9 Å². The largest absolute Gasteiger partial charge is 0.378 e. The number of aryl methyl sites for hydroxylation is 1. The number of anilines is 1. The average molecular weight is 509 g/mol. The number of benzene rings is 1. The number of fused-ring (bicyclic) bond motifs is 1. The summed E-state index contributed by atoms with van der Waals surface area (Å²) in [7, 11) is -0.329. The molecule has 6 nitrogen and oxygen atoms in total. The van der Waals surface area contributed by atoms with E-state index in [1.54, 1.807) is 19.3 Å². The molecule has 1 fully saturated rings. The van der Waals surface area contributed by atoms with Gasteiger partial charge in [0.1, 0.15) is 22.6 Å². The van der Waals surface area contributed by atoms with E-state index >= 15 is 4.39 Å². The molecule has 0 atom stereocenters. The predicted octanol–water partition coefficient (Wildman–Crippen LogP) is 5.71. The van der Waals surface area contributed by atoms with Crippen molar-refractivity contribution in [3.8, 4) is 17.3 Å². The standard InChI is InChI=1S/C25H20ClF2N6P/c1-14-21(26)24(30-11-16-8-15(10-29)4-5-18(16)27)23-20(33-14)9-19(28)22(34-23)17-12-31-25(32-13-17)35-6-2-3-7-35/h4-5,8-9,12-13H,2-3,6-7,11H2,1H3,(H,30,33). The lowest BCUT2D eigenvalue weighted by Crippen LogP contribution is -2.12. The molecule has 1 aliphatic heterocycles. The Morgan fingerprint density at radius 1 is 1.09 bits per heavy atom. The molecule has 0 amide bonds. The molecule has 176 valence electrons. The number of rotatable bonds is 5. The number of nitriles is 1. The highest BCUT2D eigenvalue weighted by Crippen LogP contribution is 2.41. The minimum Gasteiger partial charge on any atom is -0.378 e. The zero-order valence-corrected chi connectivity index (χ0v) is 20.5. The Kier molecular flexibility index (Phi) is 6.55. The second kappa shape index (κ2) is 9.77. The Bertz CT molecular complexity index is 1470. The van der Waals surface area contributed by atoms with Gasteiger partial charge in [0, 0.05) is 36.1 Å². The van der Waals surface area contributed by atoms with Gasteiger partial charge in [-0.3, -0.25) is 0 Å². The summed E-state index contributed by atoms with van der Waals surface area (Å²) < 4.78 is 29.4. The van der Waals surface area contributed by atoms with Crippen LogP contribution >= 0.6 is 19.5 Å². The fourth-order valence-corrected chi connectivity index (χ4v) is 6.59. The first-order valence-electron chi connectivity index (χ1n) is 11.1. The van der Waals surface area contributed by atoms with Crippen LogP contribution in [0.15, 0.2) is 36.7 Å². The van der Waals surface area contributed by atoms with Gasteiger partial charge < -0.3 is 5.32 Å². The fraction of sp³-hybridized carbons (Fsp3) is 0.240. The van der Waals surface area contributed by atoms with Crippen molar-refractivity contribution in [3.05, 3.63) is 70.1 Å². The molecule has 0 radical (unpaired) electrons. The van der Waals surface area contributed by atoms with Gasteiger partial charge in [-0.2, -0.15) is 5.26 Å². The monoisotopic (exact) mass is 508 g/mol. The molecule has 1 aromatic carbocycles. The first-order chi connectivity index (χ1) is 16.9. The molecule has 5 rings (SSSR count). The van der Waals surface area contributed by atoms with Crippen molar-refractivity contribution in [3.63, 3.8) is 0 Å². The van der Waals surface area contributed by atoms with Crippen LogP contribution in [-0.4, -0.2) is 32.3 Å². The summed E-state index contributed by atoms with van der Waals surface area (Å²) in [5, 5.41) is 12.5. The van der Waals surface area contributed by atoms with Gasteiger partial charge in [0.2, 0.25) is 0 Å². The molecule has 10 heteroatoms. The van der Waals surface area contributed by atoms with Gasteiger partial charge in [0.05, 0.1) is 33.6 Å². The van der Waals surface area contributed by atoms with Crippen molar-refractivity contribution >= 4 is 41.8 Å². The summed E-state index contributed by atoms with van der Waals surface area (Å²) in [6, 6.07) is 7.43.